The summed E-state index contributed by atoms with van der Waals surface area (Å²) < 4.78 is 2.52. The lowest BCUT2D eigenvalue weighted by Crippen LogP contribution is -2.52. The van der Waals surface area contributed by atoms with Gasteiger partial charge in [0.05, 0.1) is 10.4 Å². The van der Waals surface area contributed by atoms with Crippen LogP contribution in [0.5, 0.6) is 0 Å². The molecule has 0 aliphatic rings. The summed E-state index contributed by atoms with van der Waals surface area (Å²) >= 11 is 0. The monoisotopic (exact) mass is 203 g/mol. The Morgan fingerprint density at radius 3 is 1.85 bits per heavy atom. The molecule has 0 heterocycles. The molecule has 0 bridgehead atoms. The first-order chi connectivity index (χ1) is 6.00. The molecule has 0 radical (unpaired) electrons. The van der Waals surface area contributed by atoms with Crippen molar-refractivity contribution in [1.29, 1.82) is 0 Å². The largest absolute Gasteiger partial charge is 0.306 e. The van der Waals surface area contributed by atoms with Gasteiger partial charge in [-0.05, 0) is 41.2 Å². The number of hydrogen-bond donors (Lipinski definition) is 0. The Morgan fingerprint density at radius 1 is 1.08 bits per heavy atom. The molecule has 0 saturated heterocycles. The summed E-state index contributed by atoms with van der Waals surface area (Å²) in [7, 11) is 9.69. The second kappa shape index (κ2) is 6.54. The predicted octanol–water partition coefficient (Wildman–Crippen LogP) is -0.224. The molecule has 0 aliphatic carbocycles. The fraction of sp³-hybridized carbons (Fsp3) is 1.00. The van der Waals surface area contributed by atoms with Crippen molar-refractivity contribution >= 4 is 10.4 Å². The van der Waals surface area contributed by atoms with E-state index in [1.807, 2.05) is 0 Å². The van der Waals surface area contributed by atoms with Crippen LogP contribution in [0.25, 0.3) is 0 Å². The molecule has 0 unspecified atom stereocenters. The minimum absolute atomic E-state index is 0.471. The smallest absolute Gasteiger partial charge is 0.111 e. The van der Waals surface area contributed by atoms with Crippen LogP contribution in [0, 0.1) is 0 Å². The highest BCUT2D eigenvalue weighted by atomic mass is 28.2. The third-order valence-electron chi connectivity index (χ3n) is 2.18. The lowest BCUT2D eigenvalue weighted by atomic mass is 10.3. The normalized spacial score (nSPS) is 12.7. The molecule has 0 atom stereocenters. The predicted molar refractivity (Wildman–Crippen MR) is 62.7 cm³/mol. The van der Waals surface area contributed by atoms with Gasteiger partial charge in [-0.15, -0.1) is 0 Å². The highest BCUT2D eigenvalue weighted by molar-refractivity contribution is 6.04. The van der Waals surface area contributed by atoms with E-state index in [-0.39, 0.29) is 0 Å². The quantitative estimate of drug-likeness (QED) is 0.436. The Hall–Kier alpha value is 0.0969. The van der Waals surface area contributed by atoms with Crippen molar-refractivity contribution in [3.05, 3.63) is 0 Å². The highest BCUT2D eigenvalue weighted by Gasteiger charge is 2.17. The zero-order valence-electron chi connectivity index (χ0n) is 10.0. The van der Waals surface area contributed by atoms with Crippen LogP contribution in [-0.4, -0.2) is 65.8 Å². The topological polar surface area (TPSA) is 9.72 Å². The molecule has 0 saturated carbocycles. The first-order valence-electron chi connectivity index (χ1n) is 5.03. The van der Waals surface area contributed by atoms with Crippen molar-refractivity contribution < 1.29 is 0 Å². The Morgan fingerprint density at radius 2 is 1.54 bits per heavy atom. The number of unbranched alkanes of at least 4 members (excludes halogenated alkanes) is 1. The maximum Gasteiger partial charge on any atom is 0.111 e. The van der Waals surface area contributed by atoms with E-state index in [0.717, 1.165) is 10.4 Å². The average molecular weight is 203 g/mol. The van der Waals surface area contributed by atoms with Gasteiger partial charge in [-0.25, -0.2) is 0 Å². The molecule has 0 spiro atoms. The molecule has 0 aliphatic heterocycles. The first-order valence-corrected chi connectivity index (χ1v) is 5.93. The lowest BCUT2D eigenvalue weighted by molar-refractivity contribution is 0.0300. The van der Waals surface area contributed by atoms with Gasteiger partial charge in [0.25, 0.3) is 0 Å². The molecule has 80 valence electrons. The van der Waals surface area contributed by atoms with Crippen LogP contribution in [0.3, 0.4) is 0 Å². The van der Waals surface area contributed by atoms with Crippen molar-refractivity contribution in [2.75, 3.05) is 34.7 Å². The molecule has 3 nitrogen and oxygen atoms in total. The van der Waals surface area contributed by atoms with Gasteiger partial charge in [0.1, 0.15) is 6.29 Å². The molecule has 0 fully saturated rings. The van der Waals surface area contributed by atoms with Crippen LogP contribution in [0.2, 0.25) is 0 Å². The van der Waals surface area contributed by atoms with Gasteiger partial charge < -0.3 is 4.57 Å². The van der Waals surface area contributed by atoms with Crippen molar-refractivity contribution in [2.24, 2.45) is 0 Å². The van der Waals surface area contributed by atoms with Crippen molar-refractivity contribution in [1.82, 2.24) is 14.4 Å². The molecule has 0 aromatic carbocycles. The Bertz CT molecular complexity index is 120. The van der Waals surface area contributed by atoms with Gasteiger partial charge >= 0.3 is 0 Å². The van der Waals surface area contributed by atoms with E-state index in [2.05, 4.69) is 49.5 Å². The molecule has 0 N–H and O–H groups in total. The number of hydrogen-bond acceptors (Lipinski definition) is 3. The molecule has 4 heteroatoms. The molecule has 0 aromatic rings. The third kappa shape index (κ3) is 4.76. The van der Waals surface area contributed by atoms with Crippen LogP contribution in [0.4, 0.5) is 0 Å². The van der Waals surface area contributed by atoms with Crippen LogP contribution in [0.15, 0.2) is 0 Å². The summed E-state index contributed by atoms with van der Waals surface area (Å²) in [5.41, 5.74) is 0. The zero-order chi connectivity index (χ0) is 10.4. The van der Waals surface area contributed by atoms with E-state index in [4.69, 9.17) is 0 Å². The minimum atomic E-state index is 0.471. The Labute approximate surface area is 86.2 Å². The fourth-order valence-electron chi connectivity index (χ4n) is 1.77. The third-order valence-corrected chi connectivity index (χ3v) is 3.09. The zero-order valence-corrected chi connectivity index (χ0v) is 12.0. The van der Waals surface area contributed by atoms with E-state index < -0.39 is 0 Å². The maximum atomic E-state index is 2.52. The van der Waals surface area contributed by atoms with Crippen molar-refractivity contribution in [2.45, 2.75) is 26.1 Å². The van der Waals surface area contributed by atoms with E-state index in [0.29, 0.717) is 6.29 Å². The molecular weight excluding hydrogens is 178 g/mol. The van der Waals surface area contributed by atoms with E-state index in [1.54, 1.807) is 0 Å². The SMILES string of the molecule is CCCCN([SiH3])C(N(C)C)N(C)C. The molecule has 0 rings (SSSR count). The molecule has 0 aromatic heterocycles. The summed E-state index contributed by atoms with van der Waals surface area (Å²) in [6.07, 6.45) is 3.06. The average Bonchev–Trinajstić information content (AvgIpc) is 1.99. The summed E-state index contributed by atoms with van der Waals surface area (Å²) in [4.78, 5) is 4.53. The van der Waals surface area contributed by atoms with Gasteiger partial charge in [-0.2, -0.15) is 0 Å². The minimum Gasteiger partial charge on any atom is -0.306 e. The van der Waals surface area contributed by atoms with E-state index >= 15 is 0 Å². The molecule has 0 amide bonds. The highest BCUT2D eigenvalue weighted by Crippen LogP contribution is 2.03. The van der Waals surface area contributed by atoms with Crippen molar-refractivity contribution in [3.63, 3.8) is 0 Å². The Balaban J connectivity index is 4.04. The van der Waals surface area contributed by atoms with Gasteiger partial charge in [-0.1, -0.05) is 13.3 Å². The first kappa shape index (κ1) is 13.1. The summed E-state index contributed by atoms with van der Waals surface area (Å²) in [6, 6.07) is 0. The van der Waals surface area contributed by atoms with Crippen molar-refractivity contribution in [3.8, 4) is 0 Å². The maximum absolute atomic E-state index is 2.52. The lowest BCUT2D eigenvalue weighted by Gasteiger charge is -2.38. The standard InChI is InChI=1S/C9H25N3Si/c1-6-7-8-12(13)9(10(2)3)11(4)5/h9H,6-8H2,1-5,13H3. The summed E-state index contributed by atoms with van der Waals surface area (Å²) in [5.74, 6) is 0. The van der Waals surface area contributed by atoms with E-state index in [9.17, 15) is 0 Å². The Kier molecular flexibility index (Phi) is 6.58. The second-order valence-electron chi connectivity index (χ2n) is 4.11. The van der Waals surface area contributed by atoms with Gasteiger partial charge in [-0.3, -0.25) is 9.80 Å². The van der Waals surface area contributed by atoms with Gasteiger partial charge in [0.15, 0.2) is 0 Å². The van der Waals surface area contributed by atoms with Gasteiger partial charge in [0, 0.05) is 0 Å². The van der Waals surface area contributed by atoms with Crippen LogP contribution < -0.4 is 0 Å². The van der Waals surface area contributed by atoms with E-state index in [1.165, 1.54) is 19.4 Å². The molecule has 13 heavy (non-hydrogen) atoms. The molecular formula is C9H25N3Si. The number of rotatable bonds is 6. The van der Waals surface area contributed by atoms with Crippen LogP contribution in [0.1, 0.15) is 19.8 Å². The van der Waals surface area contributed by atoms with Crippen LogP contribution >= 0.6 is 0 Å². The van der Waals surface area contributed by atoms with Crippen LogP contribution in [-0.2, 0) is 0 Å². The van der Waals surface area contributed by atoms with Gasteiger partial charge in [0.2, 0.25) is 0 Å². The second-order valence-corrected chi connectivity index (χ2v) is 5.26. The number of nitrogens with zero attached hydrogens (tertiary/aromatic N) is 3. The summed E-state index contributed by atoms with van der Waals surface area (Å²) in [6.45, 7) is 3.47. The summed E-state index contributed by atoms with van der Waals surface area (Å²) in [5, 5.41) is 0. The fourth-order valence-corrected chi connectivity index (χ4v) is 3.01.